The lowest BCUT2D eigenvalue weighted by molar-refractivity contribution is -0.119. The molecule has 0 saturated carbocycles. The zero-order valence-electron chi connectivity index (χ0n) is 18.7. The number of aromatic nitrogens is 1. The fraction of sp³-hybridized carbons (Fsp3) is 0.192. The zero-order chi connectivity index (χ0) is 24.2. The molecule has 3 aromatic carbocycles. The number of nitrogens with zero attached hydrogens (tertiary/aromatic N) is 1. The number of benzene rings is 3. The summed E-state index contributed by atoms with van der Waals surface area (Å²) in [6.07, 6.45) is 1.23. The SMILES string of the molecule is CC[C@@H](C)c1ccc2oc(-c3ccc(Cl)c(NC(=S)NC(=O)Cc4ccc(Cl)cc4)c3)nc2c1. The highest BCUT2D eigenvalue weighted by molar-refractivity contribution is 7.80. The second-order valence-electron chi connectivity index (χ2n) is 8.06. The molecule has 4 rings (SSSR count). The van der Waals surface area contributed by atoms with Crippen LogP contribution in [0.4, 0.5) is 5.69 Å². The molecule has 34 heavy (non-hydrogen) atoms. The molecular formula is C26H23Cl2N3O2S. The smallest absolute Gasteiger partial charge is 0.230 e. The monoisotopic (exact) mass is 511 g/mol. The summed E-state index contributed by atoms with van der Waals surface area (Å²) < 4.78 is 5.97. The Hall–Kier alpha value is -2.93. The zero-order valence-corrected chi connectivity index (χ0v) is 21.0. The molecule has 1 aromatic heterocycles. The van der Waals surface area contributed by atoms with Crippen molar-refractivity contribution in [2.75, 3.05) is 5.32 Å². The second kappa shape index (κ2) is 10.6. The van der Waals surface area contributed by atoms with Crippen LogP contribution >= 0.6 is 35.4 Å². The van der Waals surface area contributed by atoms with Crippen LogP contribution in [-0.2, 0) is 11.2 Å². The van der Waals surface area contributed by atoms with Gasteiger partial charge in [-0.2, -0.15) is 0 Å². The van der Waals surface area contributed by atoms with Crippen molar-refractivity contribution in [2.45, 2.75) is 32.6 Å². The second-order valence-corrected chi connectivity index (χ2v) is 9.31. The molecule has 0 unspecified atom stereocenters. The number of hydrogen-bond acceptors (Lipinski definition) is 4. The third-order valence-electron chi connectivity index (χ3n) is 5.59. The van der Waals surface area contributed by atoms with Gasteiger partial charge in [0.05, 0.1) is 17.1 Å². The first-order valence-electron chi connectivity index (χ1n) is 10.9. The van der Waals surface area contributed by atoms with Crippen molar-refractivity contribution in [3.8, 4) is 11.5 Å². The van der Waals surface area contributed by atoms with Crippen LogP contribution in [-0.4, -0.2) is 16.0 Å². The third-order valence-corrected chi connectivity index (χ3v) is 6.37. The molecule has 1 atom stereocenters. The van der Waals surface area contributed by atoms with E-state index in [9.17, 15) is 4.79 Å². The number of thiocarbonyl (C=S) groups is 1. The number of fused-ring (bicyclic) bond motifs is 1. The van der Waals surface area contributed by atoms with E-state index in [0.29, 0.717) is 27.5 Å². The predicted octanol–water partition coefficient (Wildman–Crippen LogP) is 7.37. The number of nitrogens with one attached hydrogen (secondary N) is 2. The minimum atomic E-state index is -0.247. The van der Waals surface area contributed by atoms with Gasteiger partial charge in [-0.05, 0) is 78.1 Å². The van der Waals surface area contributed by atoms with E-state index >= 15 is 0 Å². The number of carbonyl (C=O) groups is 1. The van der Waals surface area contributed by atoms with Crippen LogP contribution in [0.1, 0.15) is 37.3 Å². The number of halogens is 2. The van der Waals surface area contributed by atoms with Crippen molar-refractivity contribution >= 4 is 63.2 Å². The standard InChI is InChI=1S/C26H23Cl2N3O2S/c1-3-15(2)17-7-11-23-22(13-17)29-25(33-23)18-6-10-20(28)21(14-18)30-26(34)31-24(32)12-16-4-8-19(27)9-5-16/h4-11,13-15H,3,12H2,1-2H3,(H2,30,31,32,34)/t15-/m1/s1. The predicted molar refractivity (Wildman–Crippen MR) is 143 cm³/mol. The molecule has 0 bridgehead atoms. The summed E-state index contributed by atoms with van der Waals surface area (Å²) in [5, 5.41) is 6.88. The number of carbonyl (C=O) groups excluding carboxylic acids is 1. The van der Waals surface area contributed by atoms with E-state index < -0.39 is 0 Å². The van der Waals surface area contributed by atoms with E-state index in [2.05, 4.69) is 41.6 Å². The number of oxazole rings is 1. The van der Waals surface area contributed by atoms with Gasteiger partial charge in [0.2, 0.25) is 11.8 Å². The van der Waals surface area contributed by atoms with Crippen LogP contribution < -0.4 is 10.6 Å². The average molecular weight is 512 g/mol. The van der Waals surface area contributed by atoms with Gasteiger partial charge in [-0.25, -0.2) is 4.98 Å². The van der Waals surface area contributed by atoms with Crippen molar-refractivity contribution < 1.29 is 9.21 Å². The Bertz CT molecular complexity index is 1350. The molecule has 0 aliphatic rings. The van der Waals surface area contributed by atoms with Crippen molar-refractivity contribution in [3.63, 3.8) is 0 Å². The van der Waals surface area contributed by atoms with Crippen molar-refractivity contribution in [1.29, 1.82) is 0 Å². The maximum atomic E-state index is 12.3. The Morgan fingerprint density at radius 2 is 1.85 bits per heavy atom. The third kappa shape index (κ3) is 5.76. The van der Waals surface area contributed by atoms with E-state index in [1.165, 1.54) is 5.56 Å². The van der Waals surface area contributed by atoms with Gasteiger partial charge < -0.3 is 15.1 Å². The molecule has 8 heteroatoms. The normalized spacial score (nSPS) is 11.9. The molecule has 0 spiro atoms. The number of hydrogen-bond donors (Lipinski definition) is 2. The molecule has 0 aliphatic carbocycles. The molecule has 174 valence electrons. The number of amides is 1. The summed E-state index contributed by atoms with van der Waals surface area (Å²) in [4.78, 5) is 17.0. The van der Waals surface area contributed by atoms with Crippen LogP contribution in [0.3, 0.4) is 0 Å². The lowest BCUT2D eigenvalue weighted by atomic mass is 9.98. The summed E-state index contributed by atoms with van der Waals surface area (Å²) in [7, 11) is 0. The number of rotatable bonds is 6. The quantitative estimate of drug-likeness (QED) is 0.264. The first-order valence-corrected chi connectivity index (χ1v) is 12.0. The van der Waals surface area contributed by atoms with Crippen LogP contribution in [0.25, 0.3) is 22.6 Å². The maximum absolute atomic E-state index is 12.3. The first-order chi connectivity index (χ1) is 16.3. The maximum Gasteiger partial charge on any atom is 0.230 e. The van der Waals surface area contributed by atoms with E-state index in [-0.39, 0.29) is 17.4 Å². The molecule has 0 fully saturated rings. The van der Waals surface area contributed by atoms with Gasteiger partial charge in [0.1, 0.15) is 5.52 Å². The molecule has 0 radical (unpaired) electrons. The van der Waals surface area contributed by atoms with Crippen LogP contribution in [0.15, 0.2) is 65.1 Å². The molecule has 0 aliphatic heterocycles. The summed E-state index contributed by atoms with van der Waals surface area (Å²) in [6.45, 7) is 4.35. The molecule has 4 aromatic rings. The largest absolute Gasteiger partial charge is 0.436 e. The van der Waals surface area contributed by atoms with E-state index in [4.69, 9.17) is 39.8 Å². The van der Waals surface area contributed by atoms with Gasteiger partial charge in [0.15, 0.2) is 10.7 Å². The van der Waals surface area contributed by atoms with Gasteiger partial charge >= 0.3 is 0 Å². The minimum absolute atomic E-state index is 0.147. The Balaban J connectivity index is 1.48. The summed E-state index contributed by atoms with van der Waals surface area (Å²) in [5.41, 5.74) is 4.87. The molecule has 2 N–H and O–H groups in total. The molecule has 1 amide bonds. The van der Waals surface area contributed by atoms with Gasteiger partial charge in [0, 0.05) is 10.6 Å². The Morgan fingerprint density at radius 1 is 1.09 bits per heavy atom. The van der Waals surface area contributed by atoms with Gasteiger partial charge in [-0.1, -0.05) is 55.2 Å². The Labute approximate surface area is 213 Å². The summed E-state index contributed by atoms with van der Waals surface area (Å²) >= 11 is 17.6. The fourth-order valence-electron chi connectivity index (χ4n) is 3.48. The lowest BCUT2D eigenvalue weighted by Crippen LogP contribution is -2.35. The molecule has 0 saturated heterocycles. The topological polar surface area (TPSA) is 67.2 Å². The van der Waals surface area contributed by atoms with Crippen molar-refractivity contribution in [2.24, 2.45) is 0 Å². The highest BCUT2D eigenvalue weighted by atomic mass is 35.5. The minimum Gasteiger partial charge on any atom is -0.436 e. The van der Waals surface area contributed by atoms with E-state index in [0.717, 1.165) is 28.6 Å². The van der Waals surface area contributed by atoms with Crippen LogP contribution in [0.2, 0.25) is 10.0 Å². The van der Waals surface area contributed by atoms with E-state index in [1.54, 1.807) is 36.4 Å². The lowest BCUT2D eigenvalue weighted by Gasteiger charge is -2.12. The molecule has 5 nitrogen and oxygen atoms in total. The first kappa shape index (κ1) is 24.2. The van der Waals surface area contributed by atoms with Gasteiger partial charge in [-0.15, -0.1) is 0 Å². The Morgan fingerprint density at radius 3 is 2.59 bits per heavy atom. The fourth-order valence-corrected chi connectivity index (χ4v) is 3.99. The van der Waals surface area contributed by atoms with Gasteiger partial charge in [-0.3, -0.25) is 4.79 Å². The average Bonchev–Trinajstić information content (AvgIpc) is 3.24. The Kier molecular flexibility index (Phi) is 7.51. The van der Waals surface area contributed by atoms with Crippen molar-refractivity contribution in [1.82, 2.24) is 10.3 Å². The molecule has 1 heterocycles. The van der Waals surface area contributed by atoms with Crippen LogP contribution in [0, 0.1) is 0 Å². The van der Waals surface area contributed by atoms with Gasteiger partial charge in [0.25, 0.3) is 0 Å². The number of anilines is 1. The van der Waals surface area contributed by atoms with E-state index in [1.807, 2.05) is 12.1 Å². The van der Waals surface area contributed by atoms with Crippen molar-refractivity contribution in [3.05, 3.63) is 81.8 Å². The highest BCUT2D eigenvalue weighted by Crippen LogP contribution is 2.31. The molecular weight excluding hydrogens is 489 g/mol. The summed E-state index contributed by atoms with van der Waals surface area (Å²) in [5.74, 6) is 0.684. The van der Waals surface area contributed by atoms with Crippen LogP contribution in [0.5, 0.6) is 0 Å². The summed E-state index contributed by atoms with van der Waals surface area (Å²) in [6, 6.07) is 18.5. The highest BCUT2D eigenvalue weighted by Gasteiger charge is 2.14.